The lowest BCUT2D eigenvalue weighted by atomic mass is 9.89. The molecule has 0 aromatic heterocycles. The summed E-state index contributed by atoms with van der Waals surface area (Å²) in [7, 11) is 0. The molecule has 3 rings (SSSR count). The Morgan fingerprint density at radius 3 is 2.85 bits per heavy atom. The molecule has 6 nitrogen and oxygen atoms in total. The number of hydrazone groups is 1. The van der Waals surface area contributed by atoms with Gasteiger partial charge in [0.1, 0.15) is 5.71 Å². The van der Waals surface area contributed by atoms with Crippen molar-refractivity contribution in [2.24, 2.45) is 11.0 Å². The molecule has 6 heteroatoms. The number of nitrogens with one attached hydrogen (secondary N) is 2. The maximum Gasteiger partial charge on any atom is 0.270 e. The Hall–Kier alpha value is -1.43. The Morgan fingerprint density at radius 1 is 1.25 bits per heavy atom. The summed E-state index contributed by atoms with van der Waals surface area (Å²) in [5, 5.41) is 7.46. The van der Waals surface area contributed by atoms with Crippen LogP contribution in [0.4, 0.5) is 0 Å². The van der Waals surface area contributed by atoms with Crippen LogP contribution in [-0.4, -0.2) is 48.1 Å². The molecule has 2 atom stereocenters. The standard InChI is InChI=1S/C14H22N4O2/c19-13-6-5-12(16-17-13)14(20)18-8-2-3-10(9-18)11-4-1-7-15-11/h10-11,15H,1-9H2,(H,17,19). The van der Waals surface area contributed by atoms with Gasteiger partial charge in [-0.1, -0.05) is 0 Å². The molecule has 20 heavy (non-hydrogen) atoms. The summed E-state index contributed by atoms with van der Waals surface area (Å²) >= 11 is 0. The normalized spacial score (nSPS) is 30.9. The summed E-state index contributed by atoms with van der Waals surface area (Å²) in [4.78, 5) is 25.4. The molecule has 0 aliphatic carbocycles. The van der Waals surface area contributed by atoms with Crippen molar-refractivity contribution in [3.8, 4) is 0 Å². The van der Waals surface area contributed by atoms with Crippen molar-refractivity contribution in [3.63, 3.8) is 0 Å². The number of nitrogens with zero attached hydrogens (tertiary/aromatic N) is 2. The highest BCUT2D eigenvalue weighted by molar-refractivity contribution is 6.39. The number of piperidine rings is 1. The highest BCUT2D eigenvalue weighted by Gasteiger charge is 2.32. The molecule has 0 aromatic carbocycles. The summed E-state index contributed by atoms with van der Waals surface area (Å²) < 4.78 is 0. The molecule has 2 N–H and O–H groups in total. The Kier molecular flexibility index (Phi) is 4.00. The topological polar surface area (TPSA) is 73.8 Å². The van der Waals surface area contributed by atoms with Gasteiger partial charge in [-0.2, -0.15) is 5.10 Å². The van der Waals surface area contributed by atoms with Crippen LogP contribution in [0.15, 0.2) is 5.10 Å². The fraction of sp³-hybridized carbons (Fsp3) is 0.786. The number of amides is 2. The van der Waals surface area contributed by atoms with E-state index in [1.165, 1.54) is 19.3 Å². The fourth-order valence-electron chi connectivity index (χ4n) is 3.45. The minimum atomic E-state index is -0.103. The molecule has 3 heterocycles. The van der Waals surface area contributed by atoms with Gasteiger partial charge in [0.15, 0.2) is 0 Å². The third-order valence-corrected chi connectivity index (χ3v) is 4.56. The van der Waals surface area contributed by atoms with Crippen LogP contribution in [0.3, 0.4) is 0 Å². The largest absolute Gasteiger partial charge is 0.337 e. The van der Waals surface area contributed by atoms with Crippen LogP contribution in [0.25, 0.3) is 0 Å². The van der Waals surface area contributed by atoms with E-state index in [0.717, 1.165) is 26.1 Å². The number of hydrogen-bond acceptors (Lipinski definition) is 4. The van der Waals surface area contributed by atoms with Crippen LogP contribution in [0.1, 0.15) is 38.5 Å². The number of rotatable bonds is 2. The van der Waals surface area contributed by atoms with Gasteiger partial charge in [0.05, 0.1) is 0 Å². The maximum absolute atomic E-state index is 12.4. The summed E-state index contributed by atoms with van der Waals surface area (Å²) in [5.74, 6) is 0.468. The van der Waals surface area contributed by atoms with E-state index in [2.05, 4.69) is 15.8 Å². The Bertz CT molecular complexity index is 429. The Morgan fingerprint density at radius 2 is 2.15 bits per heavy atom. The predicted octanol–water partition coefficient (Wildman–Crippen LogP) is 0.243. The highest BCUT2D eigenvalue weighted by Crippen LogP contribution is 2.25. The molecule has 0 bridgehead atoms. The predicted molar refractivity (Wildman–Crippen MR) is 75.1 cm³/mol. The first-order valence-electron chi connectivity index (χ1n) is 7.62. The molecule has 2 amide bonds. The van der Waals surface area contributed by atoms with Crippen LogP contribution in [-0.2, 0) is 9.59 Å². The quantitative estimate of drug-likeness (QED) is 0.760. The molecular formula is C14H22N4O2. The van der Waals surface area contributed by atoms with Crippen molar-refractivity contribution >= 4 is 17.5 Å². The van der Waals surface area contributed by atoms with E-state index in [-0.39, 0.29) is 11.8 Å². The lowest BCUT2D eigenvalue weighted by Crippen LogP contribution is -2.48. The molecule has 0 radical (unpaired) electrons. The van der Waals surface area contributed by atoms with E-state index in [1.54, 1.807) is 0 Å². The van der Waals surface area contributed by atoms with E-state index in [4.69, 9.17) is 0 Å². The average Bonchev–Trinajstić information content (AvgIpc) is 3.02. The van der Waals surface area contributed by atoms with Crippen molar-refractivity contribution in [1.82, 2.24) is 15.6 Å². The molecule has 2 fully saturated rings. The zero-order valence-corrected chi connectivity index (χ0v) is 11.7. The zero-order valence-electron chi connectivity index (χ0n) is 11.7. The lowest BCUT2D eigenvalue weighted by Gasteiger charge is -2.36. The first-order valence-corrected chi connectivity index (χ1v) is 7.62. The highest BCUT2D eigenvalue weighted by atomic mass is 16.2. The van der Waals surface area contributed by atoms with Crippen LogP contribution < -0.4 is 10.7 Å². The smallest absolute Gasteiger partial charge is 0.270 e. The summed E-state index contributed by atoms with van der Waals surface area (Å²) in [6.45, 7) is 2.74. The lowest BCUT2D eigenvalue weighted by molar-refractivity contribution is -0.126. The summed E-state index contributed by atoms with van der Waals surface area (Å²) in [6.07, 6.45) is 5.57. The van der Waals surface area contributed by atoms with Gasteiger partial charge in [-0.3, -0.25) is 9.59 Å². The van der Waals surface area contributed by atoms with Gasteiger partial charge >= 0.3 is 0 Å². The molecule has 2 unspecified atom stereocenters. The van der Waals surface area contributed by atoms with Gasteiger partial charge in [0.2, 0.25) is 5.91 Å². The van der Waals surface area contributed by atoms with Crippen LogP contribution in [0.5, 0.6) is 0 Å². The first kappa shape index (κ1) is 13.5. The van der Waals surface area contributed by atoms with Gasteiger partial charge in [0, 0.05) is 32.0 Å². The number of likely N-dealkylation sites (tertiary alicyclic amines) is 1. The molecule has 0 saturated carbocycles. The van der Waals surface area contributed by atoms with Gasteiger partial charge in [0.25, 0.3) is 5.91 Å². The van der Waals surface area contributed by atoms with Crippen molar-refractivity contribution in [1.29, 1.82) is 0 Å². The molecule has 3 aliphatic rings. The van der Waals surface area contributed by atoms with E-state index in [0.29, 0.717) is 30.5 Å². The van der Waals surface area contributed by atoms with Crippen molar-refractivity contribution in [3.05, 3.63) is 0 Å². The Balaban J connectivity index is 1.61. The van der Waals surface area contributed by atoms with E-state index < -0.39 is 0 Å². The van der Waals surface area contributed by atoms with Gasteiger partial charge in [-0.05, 0) is 38.1 Å². The van der Waals surface area contributed by atoms with E-state index in [1.807, 2.05) is 4.90 Å². The molecule has 110 valence electrons. The second-order valence-electron chi connectivity index (χ2n) is 5.95. The molecule has 3 aliphatic heterocycles. The van der Waals surface area contributed by atoms with Crippen LogP contribution in [0, 0.1) is 5.92 Å². The summed E-state index contributed by atoms with van der Waals surface area (Å²) in [5.41, 5.74) is 2.91. The SMILES string of the molecule is O=C1CCC(C(=O)N2CCCC(C3CCCN3)C2)=NN1. The number of hydrogen-bond donors (Lipinski definition) is 2. The van der Waals surface area contributed by atoms with Crippen LogP contribution >= 0.6 is 0 Å². The van der Waals surface area contributed by atoms with Crippen molar-refractivity contribution in [2.75, 3.05) is 19.6 Å². The molecule has 0 aromatic rings. The van der Waals surface area contributed by atoms with Crippen molar-refractivity contribution in [2.45, 2.75) is 44.6 Å². The average molecular weight is 278 g/mol. The zero-order chi connectivity index (χ0) is 13.9. The minimum absolute atomic E-state index is 0.00713. The second-order valence-corrected chi connectivity index (χ2v) is 5.95. The second kappa shape index (κ2) is 5.91. The monoisotopic (exact) mass is 278 g/mol. The first-order chi connectivity index (χ1) is 9.74. The molecular weight excluding hydrogens is 256 g/mol. The van der Waals surface area contributed by atoms with Gasteiger partial charge in [-0.15, -0.1) is 0 Å². The maximum atomic E-state index is 12.4. The molecule has 2 saturated heterocycles. The van der Waals surface area contributed by atoms with E-state index in [9.17, 15) is 9.59 Å². The minimum Gasteiger partial charge on any atom is -0.337 e. The fourth-order valence-corrected chi connectivity index (χ4v) is 3.45. The van der Waals surface area contributed by atoms with Gasteiger partial charge in [-0.25, -0.2) is 5.43 Å². The van der Waals surface area contributed by atoms with E-state index >= 15 is 0 Å². The third-order valence-electron chi connectivity index (χ3n) is 4.56. The third kappa shape index (κ3) is 2.85. The molecule has 0 spiro atoms. The van der Waals surface area contributed by atoms with Gasteiger partial charge < -0.3 is 10.2 Å². The number of carbonyl (C=O) groups is 2. The summed E-state index contributed by atoms with van der Waals surface area (Å²) in [6, 6.07) is 0.568. The van der Waals surface area contributed by atoms with Crippen molar-refractivity contribution < 1.29 is 9.59 Å². The number of carbonyl (C=O) groups excluding carboxylic acids is 2. The Labute approximate surface area is 119 Å². The van der Waals surface area contributed by atoms with Crippen LogP contribution in [0.2, 0.25) is 0 Å².